The minimum Gasteiger partial charge on any atom is -0.394 e. The normalized spacial score (nSPS) is 36.3. The van der Waals surface area contributed by atoms with Crippen LogP contribution in [-0.2, 0) is 20.8 Å². The Kier molecular flexibility index (Phi) is 6.21. The van der Waals surface area contributed by atoms with Gasteiger partial charge in [-0.2, -0.15) is 0 Å². The minimum atomic E-state index is -0.966. The van der Waals surface area contributed by atoms with Crippen LogP contribution in [0.2, 0.25) is 0 Å². The van der Waals surface area contributed by atoms with E-state index in [2.05, 4.69) is 0 Å². The van der Waals surface area contributed by atoms with Crippen LogP contribution in [0, 0.1) is 0 Å². The van der Waals surface area contributed by atoms with Crippen LogP contribution in [0.1, 0.15) is 24.8 Å². The lowest BCUT2D eigenvalue weighted by Gasteiger charge is -2.22. The summed E-state index contributed by atoms with van der Waals surface area (Å²) in [6.07, 6.45) is -1.41. The molecule has 24 heavy (non-hydrogen) atoms. The molecule has 0 radical (unpaired) electrons. The second-order valence-electron chi connectivity index (χ2n) is 6.50. The first-order chi connectivity index (χ1) is 11.7. The zero-order valence-electron chi connectivity index (χ0n) is 13.7. The van der Waals surface area contributed by atoms with E-state index in [1.165, 1.54) is 0 Å². The Labute approximate surface area is 142 Å². The van der Waals surface area contributed by atoms with E-state index in [1.54, 1.807) is 0 Å². The number of hydrogen-bond donors (Lipinski definition) is 3. The van der Waals surface area contributed by atoms with Crippen molar-refractivity contribution in [3.63, 3.8) is 0 Å². The highest BCUT2D eigenvalue weighted by Crippen LogP contribution is 2.32. The van der Waals surface area contributed by atoms with Gasteiger partial charge in [-0.15, -0.1) is 0 Å². The summed E-state index contributed by atoms with van der Waals surface area (Å²) in [5.74, 6) is 0. The molecular formula is C18H26O6. The number of benzene rings is 1. The third-order valence-electron chi connectivity index (χ3n) is 4.77. The molecule has 6 heteroatoms. The SMILES string of the molecule is OC[C@H]1CC[C@H]([C@H]2O[C@H](CCOCc3ccccc3)[C@H](O)[C@H]2O)O1. The molecule has 2 aliphatic heterocycles. The highest BCUT2D eigenvalue weighted by atomic mass is 16.6. The van der Waals surface area contributed by atoms with Crippen LogP contribution in [0.5, 0.6) is 0 Å². The van der Waals surface area contributed by atoms with Gasteiger partial charge >= 0.3 is 0 Å². The average molecular weight is 338 g/mol. The Morgan fingerprint density at radius 3 is 2.54 bits per heavy atom. The first kappa shape index (κ1) is 17.8. The van der Waals surface area contributed by atoms with Crippen molar-refractivity contribution < 1.29 is 29.5 Å². The predicted octanol–water partition coefficient (Wildman–Crippen LogP) is 0.622. The molecule has 6 atom stereocenters. The molecular weight excluding hydrogens is 312 g/mol. The van der Waals surface area contributed by atoms with Crippen LogP contribution in [0.3, 0.4) is 0 Å². The number of aliphatic hydroxyl groups is 3. The van der Waals surface area contributed by atoms with Gasteiger partial charge in [0.05, 0.1) is 31.5 Å². The van der Waals surface area contributed by atoms with Crippen molar-refractivity contribution in [2.45, 2.75) is 62.5 Å². The van der Waals surface area contributed by atoms with Gasteiger partial charge in [-0.1, -0.05) is 30.3 Å². The average Bonchev–Trinajstić information content (AvgIpc) is 3.19. The second kappa shape index (κ2) is 8.38. The molecule has 0 unspecified atom stereocenters. The smallest absolute Gasteiger partial charge is 0.113 e. The van der Waals surface area contributed by atoms with E-state index in [1.807, 2.05) is 30.3 Å². The highest BCUT2D eigenvalue weighted by Gasteiger charge is 2.48. The van der Waals surface area contributed by atoms with E-state index < -0.39 is 24.4 Å². The van der Waals surface area contributed by atoms with E-state index in [-0.39, 0.29) is 18.8 Å². The van der Waals surface area contributed by atoms with Crippen molar-refractivity contribution in [3.8, 4) is 0 Å². The molecule has 3 rings (SSSR count). The van der Waals surface area contributed by atoms with Crippen molar-refractivity contribution in [1.29, 1.82) is 0 Å². The van der Waals surface area contributed by atoms with Crippen molar-refractivity contribution in [2.75, 3.05) is 13.2 Å². The molecule has 0 spiro atoms. The molecule has 134 valence electrons. The van der Waals surface area contributed by atoms with Gasteiger partial charge in [0, 0.05) is 6.61 Å². The van der Waals surface area contributed by atoms with Crippen LogP contribution in [-0.4, -0.2) is 65.2 Å². The number of rotatable bonds is 7. The number of ether oxygens (including phenoxy) is 3. The Hall–Kier alpha value is -1.02. The van der Waals surface area contributed by atoms with Gasteiger partial charge in [-0.05, 0) is 24.8 Å². The van der Waals surface area contributed by atoms with Crippen molar-refractivity contribution in [3.05, 3.63) is 35.9 Å². The quantitative estimate of drug-likeness (QED) is 0.632. The Morgan fingerprint density at radius 2 is 1.83 bits per heavy atom. The van der Waals surface area contributed by atoms with E-state index in [4.69, 9.17) is 19.3 Å². The molecule has 2 saturated heterocycles. The molecule has 2 heterocycles. The molecule has 0 aromatic heterocycles. The second-order valence-corrected chi connectivity index (χ2v) is 6.50. The lowest BCUT2D eigenvalue weighted by molar-refractivity contribution is -0.0991. The van der Waals surface area contributed by atoms with Gasteiger partial charge in [-0.3, -0.25) is 0 Å². The Balaban J connectivity index is 1.43. The van der Waals surface area contributed by atoms with Crippen LogP contribution in [0.15, 0.2) is 30.3 Å². The lowest BCUT2D eigenvalue weighted by atomic mass is 10.0. The fourth-order valence-corrected chi connectivity index (χ4v) is 3.40. The van der Waals surface area contributed by atoms with Crippen LogP contribution in [0.4, 0.5) is 0 Å². The zero-order valence-corrected chi connectivity index (χ0v) is 13.7. The van der Waals surface area contributed by atoms with Gasteiger partial charge < -0.3 is 29.5 Å². The molecule has 0 saturated carbocycles. The van der Waals surface area contributed by atoms with Crippen LogP contribution >= 0.6 is 0 Å². The maximum absolute atomic E-state index is 10.2. The fraction of sp³-hybridized carbons (Fsp3) is 0.667. The summed E-state index contributed by atoms with van der Waals surface area (Å²) < 4.78 is 17.1. The Bertz CT molecular complexity index is 496. The van der Waals surface area contributed by atoms with Gasteiger partial charge in [-0.25, -0.2) is 0 Å². The number of hydrogen-bond acceptors (Lipinski definition) is 6. The summed E-state index contributed by atoms with van der Waals surface area (Å²) in [5, 5.41) is 29.6. The maximum atomic E-state index is 10.2. The van der Waals surface area contributed by atoms with Crippen molar-refractivity contribution in [2.24, 2.45) is 0 Å². The number of aliphatic hydroxyl groups excluding tert-OH is 3. The molecule has 3 N–H and O–H groups in total. The summed E-state index contributed by atoms with van der Waals surface area (Å²) in [5.41, 5.74) is 1.10. The Morgan fingerprint density at radius 1 is 1.04 bits per heavy atom. The summed E-state index contributed by atoms with van der Waals surface area (Å²) in [6, 6.07) is 9.88. The van der Waals surface area contributed by atoms with E-state index >= 15 is 0 Å². The molecule has 1 aromatic carbocycles. The molecule has 2 fully saturated rings. The van der Waals surface area contributed by atoms with E-state index in [0.717, 1.165) is 18.4 Å². The van der Waals surface area contributed by atoms with Gasteiger partial charge in [0.15, 0.2) is 0 Å². The summed E-state index contributed by atoms with van der Waals surface area (Å²) in [6.45, 7) is 0.930. The van der Waals surface area contributed by atoms with Crippen molar-refractivity contribution >= 4 is 0 Å². The highest BCUT2D eigenvalue weighted by molar-refractivity contribution is 5.13. The summed E-state index contributed by atoms with van der Waals surface area (Å²) in [7, 11) is 0. The largest absolute Gasteiger partial charge is 0.394 e. The molecule has 2 aliphatic rings. The zero-order chi connectivity index (χ0) is 16.9. The molecule has 6 nitrogen and oxygen atoms in total. The van der Waals surface area contributed by atoms with Gasteiger partial charge in [0.1, 0.15) is 18.3 Å². The standard InChI is InChI=1S/C18H26O6/c19-10-13-6-7-15(23-13)18-17(21)16(20)14(24-18)8-9-22-11-12-4-2-1-3-5-12/h1-5,13-21H,6-11H2/t13-,14-,15-,16+,17-,18-/m1/s1. The maximum Gasteiger partial charge on any atom is 0.113 e. The van der Waals surface area contributed by atoms with E-state index in [0.29, 0.717) is 19.6 Å². The summed E-state index contributed by atoms with van der Waals surface area (Å²) in [4.78, 5) is 0. The van der Waals surface area contributed by atoms with Gasteiger partial charge in [0.25, 0.3) is 0 Å². The third kappa shape index (κ3) is 4.14. The van der Waals surface area contributed by atoms with Gasteiger partial charge in [0.2, 0.25) is 0 Å². The molecule has 0 bridgehead atoms. The van der Waals surface area contributed by atoms with Crippen molar-refractivity contribution in [1.82, 2.24) is 0 Å². The molecule has 0 aliphatic carbocycles. The minimum absolute atomic E-state index is 0.0291. The fourth-order valence-electron chi connectivity index (χ4n) is 3.40. The summed E-state index contributed by atoms with van der Waals surface area (Å²) >= 11 is 0. The molecule has 1 aromatic rings. The lowest BCUT2D eigenvalue weighted by Crippen LogP contribution is -2.39. The van der Waals surface area contributed by atoms with Crippen LogP contribution in [0.25, 0.3) is 0 Å². The van der Waals surface area contributed by atoms with E-state index in [9.17, 15) is 10.2 Å². The first-order valence-corrected chi connectivity index (χ1v) is 8.58. The molecule has 0 amide bonds. The third-order valence-corrected chi connectivity index (χ3v) is 4.77. The predicted molar refractivity (Wildman–Crippen MR) is 86.4 cm³/mol. The monoisotopic (exact) mass is 338 g/mol. The van der Waals surface area contributed by atoms with Crippen LogP contribution < -0.4 is 0 Å². The topological polar surface area (TPSA) is 88.4 Å². The first-order valence-electron chi connectivity index (χ1n) is 8.58.